The lowest BCUT2D eigenvalue weighted by Gasteiger charge is -2.57. The highest BCUT2D eigenvalue weighted by molar-refractivity contribution is 5.96. The number of rotatable bonds is 5. The zero-order valence-electron chi connectivity index (χ0n) is 12.7. The van der Waals surface area contributed by atoms with Crippen LogP contribution in [-0.2, 0) is 0 Å². The van der Waals surface area contributed by atoms with Crippen LogP contribution in [0.15, 0.2) is 30.3 Å². The van der Waals surface area contributed by atoms with Crippen LogP contribution in [0.2, 0.25) is 0 Å². The van der Waals surface area contributed by atoms with Gasteiger partial charge in [0.1, 0.15) is 0 Å². The van der Waals surface area contributed by atoms with Gasteiger partial charge in [0.2, 0.25) is 0 Å². The van der Waals surface area contributed by atoms with Gasteiger partial charge in [0.15, 0.2) is 5.78 Å². The van der Waals surface area contributed by atoms with Crippen molar-refractivity contribution in [1.29, 1.82) is 0 Å². The first-order chi connectivity index (χ1) is 10.2. The van der Waals surface area contributed by atoms with E-state index in [0.29, 0.717) is 12.0 Å². The first kappa shape index (κ1) is 13.5. The molecule has 0 unspecified atom stereocenters. The van der Waals surface area contributed by atoms with Gasteiger partial charge in [0.25, 0.3) is 0 Å². The van der Waals surface area contributed by atoms with E-state index in [1.54, 1.807) is 0 Å². The molecule has 0 atom stereocenters. The number of carbonyl (C=O) groups excluding carboxylic acids is 1. The Morgan fingerprint density at radius 3 is 2.14 bits per heavy atom. The largest absolute Gasteiger partial charge is 0.311 e. The minimum absolute atomic E-state index is 0.271. The van der Waals surface area contributed by atoms with Gasteiger partial charge < -0.3 is 5.32 Å². The molecule has 1 aromatic rings. The average molecular weight is 283 g/mol. The Labute approximate surface area is 127 Å². The van der Waals surface area contributed by atoms with Crippen molar-refractivity contribution >= 4 is 5.78 Å². The molecular weight excluding hydrogens is 258 g/mol. The van der Waals surface area contributed by atoms with Crippen molar-refractivity contribution in [3.05, 3.63) is 35.9 Å². The molecule has 0 aliphatic heterocycles. The molecule has 112 valence electrons. The minimum Gasteiger partial charge on any atom is -0.311 e. The highest BCUT2D eigenvalue weighted by atomic mass is 16.1. The maximum absolute atomic E-state index is 12.2. The molecule has 2 heteroatoms. The Morgan fingerprint density at radius 2 is 1.57 bits per heavy atom. The molecule has 0 heterocycles. The van der Waals surface area contributed by atoms with Crippen LogP contribution in [0.1, 0.15) is 55.3 Å². The van der Waals surface area contributed by atoms with Crippen molar-refractivity contribution in [3.63, 3.8) is 0 Å². The predicted octanol–water partition coefficient (Wildman–Crippen LogP) is 3.82. The van der Waals surface area contributed by atoms with E-state index in [9.17, 15) is 4.79 Å². The quantitative estimate of drug-likeness (QED) is 0.832. The summed E-state index contributed by atoms with van der Waals surface area (Å²) in [5.74, 6) is 3.17. The zero-order valence-corrected chi connectivity index (χ0v) is 12.7. The van der Waals surface area contributed by atoms with Crippen LogP contribution in [0.25, 0.3) is 0 Å². The lowest BCUT2D eigenvalue weighted by atomic mass is 9.53. The van der Waals surface area contributed by atoms with E-state index in [1.807, 2.05) is 30.3 Å². The molecule has 21 heavy (non-hydrogen) atoms. The summed E-state index contributed by atoms with van der Waals surface area (Å²) in [6.07, 6.45) is 9.14. The van der Waals surface area contributed by atoms with Crippen LogP contribution in [0.3, 0.4) is 0 Å². The van der Waals surface area contributed by atoms with E-state index < -0.39 is 0 Å². The SMILES string of the molecule is O=C(CCNC12CC3CC(CC(C3)C1)C2)c1ccccc1. The molecule has 5 rings (SSSR count). The van der Waals surface area contributed by atoms with Crippen molar-refractivity contribution in [2.24, 2.45) is 17.8 Å². The van der Waals surface area contributed by atoms with E-state index in [2.05, 4.69) is 5.32 Å². The van der Waals surface area contributed by atoms with Gasteiger partial charge in [-0.1, -0.05) is 30.3 Å². The van der Waals surface area contributed by atoms with Crippen LogP contribution in [-0.4, -0.2) is 17.9 Å². The van der Waals surface area contributed by atoms with Gasteiger partial charge in [0, 0.05) is 24.1 Å². The molecule has 0 aromatic heterocycles. The number of hydrogen-bond acceptors (Lipinski definition) is 2. The Morgan fingerprint density at radius 1 is 1.00 bits per heavy atom. The fourth-order valence-electron chi connectivity index (χ4n) is 5.54. The Bertz CT molecular complexity index is 486. The Hall–Kier alpha value is -1.15. The van der Waals surface area contributed by atoms with E-state index in [1.165, 1.54) is 38.5 Å². The smallest absolute Gasteiger partial charge is 0.164 e. The van der Waals surface area contributed by atoms with Crippen molar-refractivity contribution in [2.45, 2.75) is 50.5 Å². The first-order valence-corrected chi connectivity index (χ1v) is 8.56. The fourth-order valence-corrected chi connectivity index (χ4v) is 5.54. The molecule has 1 N–H and O–H groups in total. The van der Waals surface area contributed by atoms with Gasteiger partial charge in [-0.2, -0.15) is 0 Å². The Kier molecular flexibility index (Phi) is 3.37. The third-order valence-electron chi connectivity index (χ3n) is 5.99. The maximum atomic E-state index is 12.2. The van der Waals surface area contributed by atoms with Crippen LogP contribution in [0, 0.1) is 17.8 Å². The van der Waals surface area contributed by atoms with Gasteiger partial charge in [-0.3, -0.25) is 4.79 Å². The summed E-state index contributed by atoms with van der Waals surface area (Å²) in [6.45, 7) is 0.847. The number of nitrogens with one attached hydrogen (secondary N) is 1. The third-order valence-corrected chi connectivity index (χ3v) is 5.99. The summed E-state index contributed by atoms with van der Waals surface area (Å²) in [5.41, 5.74) is 1.23. The molecule has 0 spiro atoms. The molecule has 4 fully saturated rings. The van der Waals surface area contributed by atoms with Crippen molar-refractivity contribution in [2.75, 3.05) is 6.54 Å². The number of carbonyl (C=O) groups is 1. The van der Waals surface area contributed by atoms with Gasteiger partial charge in [-0.25, -0.2) is 0 Å². The summed E-state index contributed by atoms with van der Waals surface area (Å²) >= 11 is 0. The maximum Gasteiger partial charge on any atom is 0.164 e. The second kappa shape index (κ2) is 5.24. The molecule has 2 nitrogen and oxygen atoms in total. The monoisotopic (exact) mass is 283 g/mol. The van der Waals surface area contributed by atoms with E-state index in [4.69, 9.17) is 0 Å². The molecule has 0 radical (unpaired) electrons. The summed E-state index contributed by atoms with van der Waals surface area (Å²) < 4.78 is 0. The van der Waals surface area contributed by atoms with Crippen LogP contribution >= 0.6 is 0 Å². The van der Waals surface area contributed by atoms with Crippen LogP contribution in [0.4, 0.5) is 0 Å². The predicted molar refractivity (Wildman–Crippen MR) is 84.3 cm³/mol. The summed E-state index contributed by atoms with van der Waals surface area (Å²) in [5, 5.41) is 3.81. The number of ketones is 1. The lowest BCUT2D eigenvalue weighted by molar-refractivity contribution is -0.0193. The lowest BCUT2D eigenvalue weighted by Crippen LogP contribution is -2.58. The first-order valence-electron chi connectivity index (χ1n) is 8.56. The van der Waals surface area contributed by atoms with Crippen LogP contribution in [0.5, 0.6) is 0 Å². The minimum atomic E-state index is 0.271. The van der Waals surface area contributed by atoms with E-state index in [0.717, 1.165) is 29.9 Å². The molecule has 4 aliphatic carbocycles. The van der Waals surface area contributed by atoms with Crippen molar-refractivity contribution in [3.8, 4) is 0 Å². The number of hydrogen-bond donors (Lipinski definition) is 1. The summed E-state index contributed by atoms with van der Waals surface area (Å²) in [7, 11) is 0. The van der Waals surface area contributed by atoms with Gasteiger partial charge in [0.05, 0.1) is 0 Å². The molecule has 0 amide bonds. The van der Waals surface area contributed by atoms with Crippen molar-refractivity contribution in [1.82, 2.24) is 5.32 Å². The van der Waals surface area contributed by atoms with Crippen molar-refractivity contribution < 1.29 is 4.79 Å². The molecule has 4 aliphatic rings. The Balaban J connectivity index is 1.34. The average Bonchev–Trinajstić information content (AvgIpc) is 2.46. The number of Topliss-reactive ketones (excluding diaryl/α,β-unsaturated/α-hetero) is 1. The normalized spacial score (nSPS) is 36.9. The zero-order chi connectivity index (χ0) is 14.3. The topological polar surface area (TPSA) is 29.1 Å². The second-order valence-electron chi connectivity index (χ2n) is 7.66. The van der Waals surface area contributed by atoms with E-state index >= 15 is 0 Å². The van der Waals surface area contributed by atoms with Gasteiger partial charge in [-0.05, 0) is 56.3 Å². The van der Waals surface area contributed by atoms with Gasteiger partial charge in [-0.15, -0.1) is 0 Å². The molecule has 1 aromatic carbocycles. The molecule has 0 saturated heterocycles. The standard InChI is InChI=1S/C19H25NO/c21-18(17-4-2-1-3-5-17)6-7-20-19-11-14-8-15(12-19)10-16(9-14)13-19/h1-5,14-16,20H,6-13H2. The fraction of sp³-hybridized carbons (Fsp3) is 0.632. The van der Waals surface area contributed by atoms with Gasteiger partial charge >= 0.3 is 0 Å². The number of benzene rings is 1. The van der Waals surface area contributed by atoms with Crippen LogP contribution < -0.4 is 5.32 Å². The molecule has 4 saturated carbocycles. The molecular formula is C19H25NO. The molecule has 4 bridgehead atoms. The summed E-state index contributed by atoms with van der Waals surface area (Å²) in [6, 6.07) is 9.70. The van der Waals surface area contributed by atoms with E-state index in [-0.39, 0.29) is 5.78 Å². The summed E-state index contributed by atoms with van der Waals surface area (Å²) in [4.78, 5) is 12.2. The third kappa shape index (κ3) is 2.66. The highest BCUT2D eigenvalue weighted by Gasteiger charge is 2.50. The highest BCUT2D eigenvalue weighted by Crippen LogP contribution is 2.55. The second-order valence-corrected chi connectivity index (χ2v) is 7.66.